The smallest absolute Gasteiger partial charge is 0.240 e. The molecule has 0 bridgehead atoms. The molecule has 0 saturated heterocycles. The topological polar surface area (TPSA) is 76.0 Å². The minimum absolute atomic E-state index is 0.0205. The van der Waals surface area contributed by atoms with Crippen LogP contribution in [0, 0.1) is 0 Å². The first-order valence-electron chi connectivity index (χ1n) is 8.55. The van der Waals surface area contributed by atoms with Crippen molar-refractivity contribution in [2.24, 2.45) is 0 Å². The average Bonchev–Trinajstić information content (AvgIpc) is 2.92. The van der Waals surface area contributed by atoms with Crippen LogP contribution in [-0.2, 0) is 22.6 Å². The molecular weight excluding hydrogens is 304 g/mol. The van der Waals surface area contributed by atoms with Crippen LogP contribution in [0.25, 0.3) is 11.0 Å². The third kappa shape index (κ3) is 4.57. The lowest BCUT2D eigenvalue weighted by Crippen LogP contribution is -2.35. The fourth-order valence-electron chi connectivity index (χ4n) is 2.50. The summed E-state index contributed by atoms with van der Waals surface area (Å²) in [6.07, 6.45) is 1.96. The summed E-state index contributed by atoms with van der Waals surface area (Å²) in [7, 11) is 0. The molecule has 6 heteroatoms. The number of nitrogens with zero attached hydrogens (tertiary/aromatic N) is 2. The molecule has 0 spiro atoms. The summed E-state index contributed by atoms with van der Waals surface area (Å²) < 4.78 is 1.94. The van der Waals surface area contributed by atoms with Gasteiger partial charge in [0.05, 0.1) is 11.0 Å². The van der Waals surface area contributed by atoms with Crippen LogP contribution in [0.4, 0.5) is 0 Å². The predicted octanol–water partition coefficient (Wildman–Crippen LogP) is 2.02. The van der Waals surface area contributed by atoms with Gasteiger partial charge in [-0.1, -0.05) is 26.0 Å². The first kappa shape index (κ1) is 18.0. The summed E-state index contributed by atoms with van der Waals surface area (Å²) in [5.74, 6) is 0.811. The summed E-state index contributed by atoms with van der Waals surface area (Å²) >= 11 is 0. The number of aromatic nitrogens is 2. The summed E-state index contributed by atoms with van der Waals surface area (Å²) in [5, 5.41) is 5.84. The Bertz CT molecular complexity index is 708. The van der Waals surface area contributed by atoms with E-state index in [0.717, 1.165) is 23.3 Å². The number of carbonyl (C=O) groups is 2. The maximum Gasteiger partial charge on any atom is 0.240 e. The molecule has 6 nitrogen and oxygen atoms in total. The third-order valence-corrected chi connectivity index (χ3v) is 4.05. The van der Waals surface area contributed by atoms with Crippen LogP contribution in [0.15, 0.2) is 24.3 Å². The molecule has 0 aliphatic carbocycles. The number of amides is 2. The number of hydrogen-bond acceptors (Lipinski definition) is 3. The molecule has 1 heterocycles. The fraction of sp³-hybridized carbons (Fsp3) is 0.500. The Morgan fingerprint density at radius 2 is 1.96 bits per heavy atom. The van der Waals surface area contributed by atoms with Crippen LogP contribution < -0.4 is 10.6 Å². The van der Waals surface area contributed by atoms with Gasteiger partial charge in [-0.15, -0.1) is 0 Å². The lowest BCUT2D eigenvalue weighted by atomic mass is 10.2. The summed E-state index contributed by atoms with van der Waals surface area (Å²) in [4.78, 5) is 28.3. The van der Waals surface area contributed by atoms with Gasteiger partial charge in [0.25, 0.3) is 0 Å². The summed E-state index contributed by atoms with van der Waals surface area (Å²) in [5.41, 5.74) is 1.80. The molecular formula is C18H26N4O2. The highest BCUT2D eigenvalue weighted by molar-refractivity contribution is 5.81. The van der Waals surface area contributed by atoms with E-state index in [1.165, 1.54) is 0 Å². The van der Waals surface area contributed by atoms with Gasteiger partial charge in [0.2, 0.25) is 11.8 Å². The number of imidazole rings is 1. The molecule has 0 aliphatic heterocycles. The number of fused-ring (bicyclic) bond motifs is 1. The van der Waals surface area contributed by atoms with Crippen molar-refractivity contribution in [3.05, 3.63) is 30.1 Å². The zero-order valence-corrected chi connectivity index (χ0v) is 14.6. The van der Waals surface area contributed by atoms with Crippen molar-refractivity contribution in [3.63, 3.8) is 0 Å². The van der Waals surface area contributed by atoms with Crippen molar-refractivity contribution >= 4 is 22.8 Å². The van der Waals surface area contributed by atoms with Gasteiger partial charge in [0.15, 0.2) is 0 Å². The van der Waals surface area contributed by atoms with Crippen LogP contribution >= 0.6 is 0 Å². The van der Waals surface area contributed by atoms with Gasteiger partial charge in [-0.2, -0.15) is 0 Å². The van der Waals surface area contributed by atoms with Crippen LogP contribution in [-0.4, -0.2) is 34.0 Å². The highest BCUT2D eigenvalue weighted by Gasteiger charge is 2.14. The molecule has 0 saturated carbocycles. The monoisotopic (exact) mass is 330 g/mol. The highest BCUT2D eigenvalue weighted by Crippen LogP contribution is 2.16. The number of carbonyl (C=O) groups excluding carboxylic acids is 2. The van der Waals surface area contributed by atoms with Gasteiger partial charge in [0, 0.05) is 25.4 Å². The van der Waals surface area contributed by atoms with Gasteiger partial charge < -0.3 is 15.2 Å². The molecule has 2 N–H and O–H groups in total. The predicted molar refractivity (Wildman–Crippen MR) is 94.6 cm³/mol. The molecule has 2 aromatic rings. The third-order valence-electron chi connectivity index (χ3n) is 4.05. The van der Waals surface area contributed by atoms with Crippen molar-refractivity contribution in [2.75, 3.05) is 6.54 Å². The van der Waals surface area contributed by atoms with Gasteiger partial charge in [-0.05, 0) is 25.5 Å². The van der Waals surface area contributed by atoms with Gasteiger partial charge in [-0.3, -0.25) is 9.59 Å². The van der Waals surface area contributed by atoms with Crippen molar-refractivity contribution in [1.29, 1.82) is 0 Å². The van der Waals surface area contributed by atoms with Crippen molar-refractivity contribution in [3.8, 4) is 0 Å². The van der Waals surface area contributed by atoms with Crippen molar-refractivity contribution < 1.29 is 9.59 Å². The molecule has 130 valence electrons. The Hall–Kier alpha value is -2.37. The molecule has 1 atom stereocenters. The molecule has 0 aliphatic rings. The standard InChI is InChI=1S/C18H26N4O2/c1-4-13(3)20-18(24)12-22-15-9-7-6-8-14(15)21-16(22)10-11-19-17(23)5-2/h6-9,13H,4-5,10-12H2,1-3H3,(H,19,23)(H,20,24). The Labute approximate surface area is 142 Å². The zero-order chi connectivity index (χ0) is 17.5. The Kier molecular flexibility index (Phi) is 6.35. The van der Waals surface area contributed by atoms with E-state index in [1.807, 2.05) is 49.6 Å². The first-order chi connectivity index (χ1) is 11.5. The summed E-state index contributed by atoms with van der Waals surface area (Å²) in [6, 6.07) is 7.93. The number of para-hydroxylation sites is 2. The van der Waals surface area contributed by atoms with Crippen LogP contribution in [0.3, 0.4) is 0 Å². The van der Waals surface area contributed by atoms with Gasteiger partial charge >= 0.3 is 0 Å². The van der Waals surface area contributed by atoms with E-state index in [2.05, 4.69) is 15.6 Å². The van der Waals surface area contributed by atoms with E-state index in [0.29, 0.717) is 19.4 Å². The van der Waals surface area contributed by atoms with E-state index in [9.17, 15) is 9.59 Å². The van der Waals surface area contributed by atoms with Crippen LogP contribution in [0.1, 0.15) is 39.4 Å². The van der Waals surface area contributed by atoms with Crippen LogP contribution in [0.5, 0.6) is 0 Å². The lowest BCUT2D eigenvalue weighted by Gasteiger charge is -2.14. The maximum atomic E-state index is 12.3. The van der Waals surface area contributed by atoms with E-state index in [-0.39, 0.29) is 24.4 Å². The SMILES string of the molecule is CCC(=O)NCCc1nc2ccccc2n1CC(=O)NC(C)CC. The number of benzene rings is 1. The quantitative estimate of drug-likeness (QED) is 0.777. The molecule has 1 unspecified atom stereocenters. The first-order valence-corrected chi connectivity index (χ1v) is 8.55. The molecule has 0 radical (unpaired) electrons. The Morgan fingerprint density at radius 1 is 1.21 bits per heavy atom. The summed E-state index contributed by atoms with van der Waals surface area (Å²) in [6.45, 7) is 6.61. The van der Waals surface area contributed by atoms with Crippen molar-refractivity contribution in [1.82, 2.24) is 20.2 Å². The minimum Gasteiger partial charge on any atom is -0.356 e. The normalized spacial score (nSPS) is 12.1. The Morgan fingerprint density at radius 3 is 2.67 bits per heavy atom. The largest absolute Gasteiger partial charge is 0.356 e. The van der Waals surface area contributed by atoms with Gasteiger partial charge in [0.1, 0.15) is 12.4 Å². The second-order valence-corrected chi connectivity index (χ2v) is 5.93. The van der Waals surface area contributed by atoms with E-state index >= 15 is 0 Å². The molecule has 1 aromatic heterocycles. The number of rotatable bonds is 8. The molecule has 2 amide bonds. The van der Waals surface area contributed by atoms with Crippen molar-refractivity contribution in [2.45, 2.75) is 52.6 Å². The van der Waals surface area contributed by atoms with E-state index in [4.69, 9.17) is 0 Å². The van der Waals surface area contributed by atoms with Gasteiger partial charge in [-0.25, -0.2) is 4.98 Å². The second-order valence-electron chi connectivity index (χ2n) is 5.93. The van der Waals surface area contributed by atoms with E-state index < -0.39 is 0 Å². The molecule has 24 heavy (non-hydrogen) atoms. The van der Waals surface area contributed by atoms with E-state index in [1.54, 1.807) is 0 Å². The maximum absolute atomic E-state index is 12.3. The average molecular weight is 330 g/mol. The number of nitrogens with one attached hydrogen (secondary N) is 2. The Balaban J connectivity index is 2.17. The molecule has 1 aromatic carbocycles. The number of hydrogen-bond donors (Lipinski definition) is 2. The zero-order valence-electron chi connectivity index (χ0n) is 14.6. The lowest BCUT2D eigenvalue weighted by molar-refractivity contribution is -0.122. The molecule has 2 rings (SSSR count). The minimum atomic E-state index is -0.0219. The highest BCUT2D eigenvalue weighted by atomic mass is 16.2. The second kappa shape index (κ2) is 8.47. The van der Waals surface area contributed by atoms with Crippen LogP contribution in [0.2, 0.25) is 0 Å². The fourth-order valence-corrected chi connectivity index (χ4v) is 2.50. The molecule has 0 fully saturated rings.